The molecule has 0 bridgehead atoms. The first-order chi connectivity index (χ1) is 6.79. The summed E-state index contributed by atoms with van der Waals surface area (Å²) in [6.45, 7) is 1.70. The van der Waals surface area contributed by atoms with Crippen molar-refractivity contribution in [2.75, 3.05) is 19.8 Å². The van der Waals surface area contributed by atoms with Gasteiger partial charge in [0.1, 0.15) is 12.8 Å². The van der Waals surface area contributed by atoms with Crippen LogP contribution in [-0.4, -0.2) is 48.3 Å². The lowest BCUT2D eigenvalue weighted by molar-refractivity contribution is 0.0717. The normalized spacial score (nSPS) is 32.4. The SMILES string of the molecule is OCCCCN[C@H]1[C@H](F)[CH]O[C@@H]1CO. The average Bonchev–Trinajstić information content (AvgIpc) is 2.55. The maximum absolute atomic E-state index is 13.1. The first-order valence-corrected chi connectivity index (χ1v) is 4.87. The molecule has 5 heteroatoms. The van der Waals surface area contributed by atoms with Crippen LogP contribution in [0.2, 0.25) is 0 Å². The third-order valence-electron chi connectivity index (χ3n) is 2.27. The van der Waals surface area contributed by atoms with Crippen molar-refractivity contribution in [3.05, 3.63) is 6.61 Å². The van der Waals surface area contributed by atoms with Crippen molar-refractivity contribution in [3.8, 4) is 0 Å². The molecule has 4 nitrogen and oxygen atoms in total. The first kappa shape index (κ1) is 11.8. The molecular formula is C9H17FNO3. The summed E-state index contributed by atoms with van der Waals surface area (Å²) in [7, 11) is 0. The number of alkyl halides is 1. The number of aliphatic hydroxyl groups is 2. The van der Waals surface area contributed by atoms with Gasteiger partial charge in [-0.05, 0) is 19.4 Å². The monoisotopic (exact) mass is 206 g/mol. The summed E-state index contributed by atoms with van der Waals surface area (Å²) in [6, 6.07) is -0.460. The van der Waals surface area contributed by atoms with Crippen LogP contribution in [0.25, 0.3) is 0 Å². The summed E-state index contributed by atoms with van der Waals surface area (Å²) in [5, 5.41) is 20.4. The zero-order chi connectivity index (χ0) is 10.4. The molecule has 0 amide bonds. The van der Waals surface area contributed by atoms with E-state index in [0.29, 0.717) is 13.0 Å². The van der Waals surface area contributed by atoms with Crippen LogP contribution in [0.4, 0.5) is 4.39 Å². The Balaban J connectivity index is 2.19. The zero-order valence-electron chi connectivity index (χ0n) is 8.03. The van der Waals surface area contributed by atoms with Crippen molar-refractivity contribution < 1.29 is 19.3 Å². The van der Waals surface area contributed by atoms with Gasteiger partial charge in [-0.1, -0.05) is 0 Å². The highest BCUT2D eigenvalue weighted by Gasteiger charge is 2.36. The molecule has 3 atom stereocenters. The van der Waals surface area contributed by atoms with Crippen molar-refractivity contribution in [3.63, 3.8) is 0 Å². The minimum atomic E-state index is -1.17. The number of halogens is 1. The fourth-order valence-corrected chi connectivity index (χ4v) is 1.46. The van der Waals surface area contributed by atoms with E-state index in [2.05, 4.69) is 5.32 Å². The van der Waals surface area contributed by atoms with E-state index in [1.54, 1.807) is 0 Å². The van der Waals surface area contributed by atoms with E-state index in [9.17, 15) is 4.39 Å². The Morgan fingerprint density at radius 3 is 2.79 bits per heavy atom. The fourth-order valence-electron chi connectivity index (χ4n) is 1.46. The maximum atomic E-state index is 13.1. The standard InChI is InChI=1S/C9H17FNO3/c10-7-6-14-8(5-13)9(7)11-3-1-2-4-12/h6-9,11-13H,1-5H2/t7-,8-,9+/m1/s1. The largest absolute Gasteiger partial charge is 0.396 e. The second kappa shape index (κ2) is 6.29. The van der Waals surface area contributed by atoms with Crippen LogP contribution in [0.3, 0.4) is 0 Å². The van der Waals surface area contributed by atoms with E-state index in [1.165, 1.54) is 0 Å². The Morgan fingerprint density at radius 2 is 2.14 bits per heavy atom. The Hall–Kier alpha value is -0.230. The Morgan fingerprint density at radius 1 is 1.36 bits per heavy atom. The van der Waals surface area contributed by atoms with Gasteiger partial charge in [0.05, 0.1) is 18.8 Å². The van der Waals surface area contributed by atoms with E-state index in [1.807, 2.05) is 0 Å². The lowest BCUT2D eigenvalue weighted by Crippen LogP contribution is -2.43. The van der Waals surface area contributed by atoms with Gasteiger partial charge in [-0.25, -0.2) is 4.39 Å². The molecule has 0 aromatic rings. The molecular weight excluding hydrogens is 189 g/mol. The predicted molar refractivity (Wildman–Crippen MR) is 49.3 cm³/mol. The summed E-state index contributed by atoms with van der Waals surface area (Å²) in [4.78, 5) is 0. The average molecular weight is 206 g/mol. The van der Waals surface area contributed by atoms with E-state index in [0.717, 1.165) is 13.0 Å². The van der Waals surface area contributed by atoms with Crippen molar-refractivity contribution in [2.24, 2.45) is 0 Å². The molecule has 1 aliphatic heterocycles. The smallest absolute Gasteiger partial charge is 0.147 e. The van der Waals surface area contributed by atoms with Gasteiger partial charge in [-0.2, -0.15) is 0 Å². The van der Waals surface area contributed by atoms with Crippen LogP contribution in [0.1, 0.15) is 12.8 Å². The molecule has 83 valence electrons. The van der Waals surface area contributed by atoms with E-state index >= 15 is 0 Å². The molecule has 0 aromatic carbocycles. The molecule has 1 radical (unpaired) electrons. The second-order valence-electron chi connectivity index (χ2n) is 3.35. The predicted octanol–water partition coefficient (Wildman–Crippen LogP) is -0.392. The van der Waals surface area contributed by atoms with Crippen molar-refractivity contribution in [1.82, 2.24) is 5.32 Å². The van der Waals surface area contributed by atoms with E-state index < -0.39 is 18.3 Å². The van der Waals surface area contributed by atoms with Gasteiger partial charge in [0.15, 0.2) is 0 Å². The first-order valence-electron chi connectivity index (χ1n) is 4.87. The molecule has 1 aliphatic rings. The quantitative estimate of drug-likeness (QED) is 0.518. The molecule has 0 spiro atoms. The molecule has 3 N–H and O–H groups in total. The number of hydrogen-bond donors (Lipinski definition) is 3. The second-order valence-corrected chi connectivity index (χ2v) is 3.35. The van der Waals surface area contributed by atoms with Crippen molar-refractivity contribution in [2.45, 2.75) is 31.2 Å². The van der Waals surface area contributed by atoms with Gasteiger partial charge >= 0.3 is 0 Å². The molecule has 0 aliphatic carbocycles. The number of hydrogen-bond acceptors (Lipinski definition) is 4. The number of rotatable bonds is 6. The van der Waals surface area contributed by atoms with E-state index in [-0.39, 0.29) is 13.2 Å². The molecule has 1 heterocycles. The summed E-state index contributed by atoms with van der Waals surface area (Å²) in [6.07, 6.45) is -0.163. The fraction of sp³-hybridized carbons (Fsp3) is 0.889. The highest BCUT2D eigenvalue weighted by Crippen LogP contribution is 2.20. The van der Waals surface area contributed by atoms with Gasteiger partial charge < -0.3 is 20.3 Å². The third kappa shape index (κ3) is 3.16. The topological polar surface area (TPSA) is 61.7 Å². The van der Waals surface area contributed by atoms with Crippen LogP contribution in [-0.2, 0) is 4.74 Å². The number of unbranched alkanes of at least 4 members (excludes halogenated alkanes) is 1. The van der Waals surface area contributed by atoms with Crippen molar-refractivity contribution >= 4 is 0 Å². The molecule has 1 saturated heterocycles. The van der Waals surface area contributed by atoms with E-state index in [4.69, 9.17) is 14.9 Å². The van der Waals surface area contributed by atoms with Crippen LogP contribution in [0, 0.1) is 6.61 Å². The van der Waals surface area contributed by atoms with Gasteiger partial charge in [-0.3, -0.25) is 0 Å². The van der Waals surface area contributed by atoms with Gasteiger partial charge in [0.25, 0.3) is 0 Å². The maximum Gasteiger partial charge on any atom is 0.147 e. The van der Waals surface area contributed by atoms with Crippen LogP contribution >= 0.6 is 0 Å². The summed E-state index contributed by atoms with van der Waals surface area (Å²) in [5.74, 6) is 0. The molecule has 0 aromatic heterocycles. The summed E-state index contributed by atoms with van der Waals surface area (Å²) >= 11 is 0. The highest BCUT2D eigenvalue weighted by molar-refractivity contribution is 4.95. The van der Waals surface area contributed by atoms with Gasteiger partial charge in [-0.15, -0.1) is 0 Å². The minimum Gasteiger partial charge on any atom is -0.396 e. The van der Waals surface area contributed by atoms with Crippen molar-refractivity contribution in [1.29, 1.82) is 0 Å². The Labute approximate surface area is 83.1 Å². The Kier molecular flexibility index (Phi) is 5.32. The minimum absolute atomic E-state index is 0.150. The third-order valence-corrected chi connectivity index (χ3v) is 2.27. The lowest BCUT2D eigenvalue weighted by Gasteiger charge is -2.18. The highest BCUT2D eigenvalue weighted by atomic mass is 19.1. The lowest BCUT2D eigenvalue weighted by atomic mass is 10.1. The van der Waals surface area contributed by atoms with Crippen LogP contribution in [0.15, 0.2) is 0 Å². The summed E-state index contributed by atoms with van der Waals surface area (Å²) < 4.78 is 18.1. The number of ether oxygens (including phenoxy) is 1. The van der Waals surface area contributed by atoms with Crippen LogP contribution in [0.5, 0.6) is 0 Å². The molecule has 0 saturated carbocycles. The van der Waals surface area contributed by atoms with Gasteiger partial charge in [0, 0.05) is 6.61 Å². The number of nitrogens with one attached hydrogen (secondary N) is 1. The molecule has 0 unspecified atom stereocenters. The van der Waals surface area contributed by atoms with Gasteiger partial charge in [0.2, 0.25) is 0 Å². The molecule has 1 fully saturated rings. The Bertz CT molecular complexity index is 159. The molecule has 14 heavy (non-hydrogen) atoms. The zero-order valence-corrected chi connectivity index (χ0v) is 8.03. The summed E-state index contributed by atoms with van der Waals surface area (Å²) in [5.41, 5.74) is 0. The number of aliphatic hydroxyl groups excluding tert-OH is 2. The molecule has 1 rings (SSSR count). The van der Waals surface area contributed by atoms with Crippen LogP contribution < -0.4 is 5.32 Å².